The summed E-state index contributed by atoms with van der Waals surface area (Å²) in [5.74, 6) is 0.395. The van der Waals surface area contributed by atoms with Crippen molar-refractivity contribution in [1.82, 2.24) is 4.90 Å². The third-order valence-corrected chi connectivity index (χ3v) is 5.70. The number of fused-ring (bicyclic) bond motifs is 1. The number of urea groups is 1. The van der Waals surface area contributed by atoms with Crippen LogP contribution in [-0.2, 0) is 29.2 Å². The smallest absolute Gasteiger partial charge is 0.338 e. The zero-order chi connectivity index (χ0) is 24.6. The second-order valence-corrected chi connectivity index (χ2v) is 8.42. The Bertz CT molecular complexity index is 1160. The number of hydrogen-bond donors (Lipinski definition) is 1. The summed E-state index contributed by atoms with van der Waals surface area (Å²) >= 11 is 0. The average Bonchev–Trinajstić information content (AvgIpc) is 3.08. The maximum absolute atomic E-state index is 12.9. The van der Waals surface area contributed by atoms with E-state index in [9.17, 15) is 9.59 Å². The quantitative estimate of drug-likeness (QED) is 0.469. The molecular formula is C28H30N2O5. The fourth-order valence-corrected chi connectivity index (χ4v) is 3.79. The van der Waals surface area contributed by atoms with Gasteiger partial charge in [0.05, 0.1) is 38.5 Å². The van der Waals surface area contributed by atoms with Crippen molar-refractivity contribution in [3.05, 3.63) is 94.5 Å². The highest BCUT2D eigenvalue weighted by Gasteiger charge is 2.20. The van der Waals surface area contributed by atoms with E-state index in [0.29, 0.717) is 50.8 Å². The number of nitrogens with zero attached hydrogens (tertiary/aromatic N) is 1. The number of aryl methyl sites for hydroxylation is 1. The van der Waals surface area contributed by atoms with Crippen LogP contribution in [0.3, 0.4) is 0 Å². The fourth-order valence-electron chi connectivity index (χ4n) is 3.79. The molecule has 0 aliphatic carbocycles. The lowest BCUT2D eigenvalue weighted by molar-refractivity contribution is 0.0526. The number of carbonyl (C=O) groups is 2. The summed E-state index contributed by atoms with van der Waals surface area (Å²) in [6, 6.07) is 20.7. The molecular weight excluding hydrogens is 444 g/mol. The molecule has 0 aromatic heterocycles. The average molecular weight is 475 g/mol. The normalized spacial score (nSPS) is 12.8. The van der Waals surface area contributed by atoms with Gasteiger partial charge in [0, 0.05) is 11.3 Å². The summed E-state index contributed by atoms with van der Waals surface area (Å²) in [5, 5.41) is 2.89. The minimum Gasteiger partial charge on any atom is -0.491 e. The summed E-state index contributed by atoms with van der Waals surface area (Å²) in [7, 11) is 0. The van der Waals surface area contributed by atoms with Crippen LogP contribution in [0, 0.1) is 6.92 Å². The van der Waals surface area contributed by atoms with E-state index >= 15 is 0 Å². The number of esters is 1. The molecule has 35 heavy (non-hydrogen) atoms. The van der Waals surface area contributed by atoms with Crippen LogP contribution in [0.4, 0.5) is 10.5 Å². The van der Waals surface area contributed by atoms with E-state index in [1.54, 1.807) is 36.1 Å². The van der Waals surface area contributed by atoms with Gasteiger partial charge >= 0.3 is 12.0 Å². The Kier molecular flexibility index (Phi) is 8.00. The third-order valence-electron chi connectivity index (χ3n) is 5.70. The van der Waals surface area contributed by atoms with Crippen molar-refractivity contribution >= 4 is 17.7 Å². The summed E-state index contributed by atoms with van der Waals surface area (Å²) in [4.78, 5) is 26.5. The van der Waals surface area contributed by atoms with Crippen molar-refractivity contribution in [1.29, 1.82) is 0 Å². The first-order valence-corrected chi connectivity index (χ1v) is 11.7. The summed E-state index contributed by atoms with van der Waals surface area (Å²) in [5.41, 5.74) is 5.36. The van der Waals surface area contributed by atoms with Crippen LogP contribution in [0.2, 0.25) is 0 Å². The van der Waals surface area contributed by atoms with Gasteiger partial charge < -0.3 is 24.4 Å². The van der Waals surface area contributed by atoms with Gasteiger partial charge in [-0.2, -0.15) is 0 Å². The van der Waals surface area contributed by atoms with E-state index in [2.05, 4.69) is 36.5 Å². The number of rotatable bonds is 7. The van der Waals surface area contributed by atoms with Gasteiger partial charge in [-0.3, -0.25) is 0 Å². The molecule has 0 saturated heterocycles. The lowest BCUT2D eigenvalue weighted by Crippen LogP contribution is -2.36. The van der Waals surface area contributed by atoms with E-state index in [-0.39, 0.29) is 12.0 Å². The van der Waals surface area contributed by atoms with Crippen molar-refractivity contribution in [2.24, 2.45) is 0 Å². The molecule has 7 heteroatoms. The molecule has 1 N–H and O–H groups in total. The van der Waals surface area contributed by atoms with Crippen LogP contribution in [0.15, 0.2) is 66.7 Å². The second kappa shape index (κ2) is 11.5. The van der Waals surface area contributed by atoms with Gasteiger partial charge in [-0.15, -0.1) is 0 Å². The number of carbonyl (C=O) groups excluding carboxylic acids is 2. The number of amides is 2. The van der Waals surface area contributed by atoms with Gasteiger partial charge in [0.15, 0.2) is 0 Å². The number of nitrogens with one attached hydrogen (secondary N) is 1. The van der Waals surface area contributed by atoms with Crippen molar-refractivity contribution < 1.29 is 23.8 Å². The molecule has 7 nitrogen and oxygen atoms in total. The van der Waals surface area contributed by atoms with Crippen LogP contribution < -0.4 is 10.1 Å². The Morgan fingerprint density at radius 3 is 2.43 bits per heavy atom. The van der Waals surface area contributed by atoms with Crippen LogP contribution in [-0.4, -0.2) is 36.7 Å². The molecule has 1 heterocycles. The molecule has 0 unspecified atom stereocenters. The van der Waals surface area contributed by atoms with Crippen LogP contribution >= 0.6 is 0 Å². The maximum Gasteiger partial charge on any atom is 0.338 e. The van der Waals surface area contributed by atoms with Crippen LogP contribution in [0.5, 0.6) is 5.75 Å². The van der Waals surface area contributed by atoms with Crippen molar-refractivity contribution in [3.8, 4) is 5.75 Å². The molecule has 0 radical (unpaired) electrons. The largest absolute Gasteiger partial charge is 0.491 e. The van der Waals surface area contributed by atoms with E-state index < -0.39 is 0 Å². The topological polar surface area (TPSA) is 77.1 Å². The predicted molar refractivity (Wildman–Crippen MR) is 133 cm³/mol. The highest BCUT2D eigenvalue weighted by molar-refractivity contribution is 5.92. The molecule has 2 amide bonds. The van der Waals surface area contributed by atoms with E-state index in [4.69, 9.17) is 14.2 Å². The molecule has 0 fully saturated rings. The SMILES string of the molecule is CCOC(=O)c1ccc(NC(=O)N2CCOc3ccc(COCc4ccc(C)cc4)cc3C2)cc1. The van der Waals surface area contributed by atoms with E-state index in [0.717, 1.165) is 22.4 Å². The van der Waals surface area contributed by atoms with Gasteiger partial charge in [-0.1, -0.05) is 35.9 Å². The highest BCUT2D eigenvalue weighted by atomic mass is 16.5. The Labute approximate surface area is 205 Å². The zero-order valence-corrected chi connectivity index (χ0v) is 20.1. The summed E-state index contributed by atoms with van der Waals surface area (Å²) in [6.07, 6.45) is 0. The Morgan fingerprint density at radius 2 is 1.69 bits per heavy atom. The predicted octanol–water partition coefficient (Wildman–Crippen LogP) is 5.32. The van der Waals surface area contributed by atoms with Crippen molar-refractivity contribution in [2.75, 3.05) is 25.1 Å². The molecule has 0 saturated carbocycles. The minimum atomic E-state index is -0.384. The third kappa shape index (κ3) is 6.61. The molecule has 1 aliphatic heterocycles. The first kappa shape index (κ1) is 24.3. The molecule has 182 valence electrons. The molecule has 3 aromatic rings. The first-order valence-electron chi connectivity index (χ1n) is 11.7. The number of benzene rings is 3. The molecule has 1 aliphatic rings. The minimum absolute atomic E-state index is 0.230. The monoisotopic (exact) mass is 474 g/mol. The Balaban J connectivity index is 1.35. The van der Waals surface area contributed by atoms with Gasteiger partial charge in [0.2, 0.25) is 0 Å². The lowest BCUT2D eigenvalue weighted by atomic mass is 10.1. The fraction of sp³-hybridized carbons (Fsp3) is 0.286. The van der Waals surface area contributed by atoms with E-state index in [1.165, 1.54) is 5.56 Å². The van der Waals surface area contributed by atoms with Gasteiger partial charge in [0.25, 0.3) is 0 Å². The molecule has 0 bridgehead atoms. The zero-order valence-electron chi connectivity index (χ0n) is 20.1. The molecule has 3 aromatic carbocycles. The molecule has 0 spiro atoms. The van der Waals surface area contributed by atoms with Crippen molar-refractivity contribution in [3.63, 3.8) is 0 Å². The highest BCUT2D eigenvalue weighted by Crippen LogP contribution is 2.25. The molecule has 4 rings (SSSR count). The summed E-state index contributed by atoms with van der Waals surface area (Å²) < 4.78 is 16.8. The van der Waals surface area contributed by atoms with Gasteiger partial charge in [-0.05, 0) is 61.4 Å². The first-order chi connectivity index (χ1) is 17.0. The maximum atomic E-state index is 12.9. The van der Waals surface area contributed by atoms with Crippen molar-refractivity contribution in [2.45, 2.75) is 33.6 Å². The lowest BCUT2D eigenvalue weighted by Gasteiger charge is -2.20. The number of ether oxygens (including phenoxy) is 3. The van der Waals surface area contributed by atoms with Gasteiger partial charge in [0.1, 0.15) is 12.4 Å². The van der Waals surface area contributed by atoms with Crippen LogP contribution in [0.1, 0.15) is 39.5 Å². The second-order valence-electron chi connectivity index (χ2n) is 8.42. The summed E-state index contributed by atoms with van der Waals surface area (Å²) in [6.45, 7) is 6.44. The van der Waals surface area contributed by atoms with Crippen LogP contribution in [0.25, 0.3) is 0 Å². The van der Waals surface area contributed by atoms with Gasteiger partial charge in [-0.25, -0.2) is 9.59 Å². The Hall–Kier alpha value is -3.84. The number of hydrogen-bond acceptors (Lipinski definition) is 5. The van der Waals surface area contributed by atoms with E-state index in [1.807, 2.05) is 18.2 Å². The standard InChI is InChI=1S/C28H30N2O5/c1-3-34-27(31)23-9-11-25(12-10-23)29-28(32)30-14-15-35-26-13-8-22(16-24(26)17-30)19-33-18-21-6-4-20(2)5-7-21/h4-13,16H,3,14-15,17-19H2,1-2H3,(H,29,32). The molecule has 0 atom stereocenters. The Morgan fingerprint density at radius 1 is 0.971 bits per heavy atom. The number of anilines is 1.